The van der Waals surface area contributed by atoms with Crippen LogP contribution in [0.4, 0.5) is 0 Å². The maximum absolute atomic E-state index is 6.03. The topological polar surface area (TPSA) is 25.2 Å². The molecule has 0 aromatic carbocycles. The van der Waals surface area contributed by atoms with Gasteiger partial charge >= 0.3 is 0 Å². The lowest BCUT2D eigenvalue weighted by Crippen LogP contribution is -2.30. The number of nitrogens with one attached hydrogen (secondary N) is 1. The summed E-state index contributed by atoms with van der Waals surface area (Å²) in [6.45, 7) is 1.06. The van der Waals surface area contributed by atoms with Crippen molar-refractivity contribution in [2.75, 3.05) is 6.54 Å². The molecule has 1 unspecified atom stereocenters. The zero-order chi connectivity index (χ0) is 12.4. The van der Waals surface area contributed by atoms with Crippen molar-refractivity contribution >= 4 is 22.9 Å². The van der Waals surface area contributed by atoms with Crippen molar-refractivity contribution in [3.63, 3.8) is 0 Å². The van der Waals surface area contributed by atoms with Crippen molar-refractivity contribution in [2.24, 2.45) is 5.92 Å². The molecule has 2 heterocycles. The minimum Gasteiger partial charge on any atom is -0.467 e. The van der Waals surface area contributed by atoms with Crippen LogP contribution in [0.5, 0.6) is 0 Å². The van der Waals surface area contributed by atoms with Crippen molar-refractivity contribution in [2.45, 2.75) is 25.3 Å². The third-order valence-corrected chi connectivity index (χ3v) is 4.84. The molecule has 0 radical (unpaired) electrons. The van der Waals surface area contributed by atoms with E-state index in [2.05, 4.69) is 11.4 Å². The summed E-state index contributed by atoms with van der Waals surface area (Å²) >= 11 is 7.64. The summed E-state index contributed by atoms with van der Waals surface area (Å²) in [5.41, 5.74) is 0. The van der Waals surface area contributed by atoms with Gasteiger partial charge in [-0.2, -0.15) is 0 Å². The van der Waals surface area contributed by atoms with Crippen LogP contribution in [0.15, 0.2) is 34.9 Å². The first-order valence-corrected chi connectivity index (χ1v) is 7.54. The van der Waals surface area contributed by atoms with Crippen molar-refractivity contribution in [3.8, 4) is 0 Å². The van der Waals surface area contributed by atoms with Gasteiger partial charge in [-0.1, -0.05) is 18.0 Å². The molecule has 3 rings (SSSR count). The van der Waals surface area contributed by atoms with E-state index >= 15 is 0 Å². The first-order chi connectivity index (χ1) is 8.83. The second-order valence-electron chi connectivity index (χ2n) is 4.80. The lowest BCUT2D eigenvalue weighted by Gasteiger charge is -2.27. The third-order valence-electron chi connectivity index (χ3n) is 3.54. The van der Waals surface area contributed by atoms with Crippen LogP contribution in [0, 0.1) is 5.92 Å². The molecule has 0 bridgehead atoms. The van der Waals surface area contributed by atoms with E-state index < -0.39 is 0 Å². The van der Waals surface area contributed by atoms with E-state index in [1.165, 1.54) is 24.1 Å². The largest absolute Gasteiger partial charge is 0.467 e. The fourth-order valence-electron chi connectivity index (χ4n) is 2.26. The SMILES string of the molecule is Clc1ccc(C(NCC2CCC2)c2ccco2)s1. The quantitative estimate of drug-likeness (QED) is 0.874. The molecule has 96 valence electrons. The molecule has 1 saturated carbocycles. The van der Waals surface area contributed by atoms with E-state index in [4.69, 9.17) is 16.0 Å². The summed E-state index contributed by atoms with van der Waals surface area (Å²) in [5.74, 6) is 1.80. The average molecular weight is 282 g/mol. The Morgan fingerprint density at radius 2 is 2.28 bits per heavy atom. The number of hydrogen-bond donors (Lipinski definition) is 1. The molecule has 18 heavy (non-hydrogen) atoms. The van der Waals surface area contributed by atoms with Gasteiger partial charge in [0, 0.05) is 4.88 Å². The van der Waals surface area contributed by atoms with Gasteiger partial charge in [-0.15, -0.1) is 11.3 Å². The van der Waals surface area contributed by atoms with Gasteiger partial charge in [0.15, 0.2) is 0 Å². The van der Waals surface area contributed by atoms with Gasteiger partial charge in [-0.25, -0.2) is 0 Å². The fraction of sp³-hybridized carbons (Fsp3) is 0.429. The summed E-state index contributed by atoms with van der Waals surface area (Å²) in [7, 11) is 0. The molecule has 4 heteroatoms. The van der Waals surface area contributed by atoms with Gasteiger partial charge in [-0.05, 0) is 49.6 Å². The normalized spacial score (nSPS) is 17.6. The highest BCUT2D eigenvalue weighted by atomic mass is 35.5. The molecule has 0 aliphatic heterocycles. The molecule has 0 spiro atoms. The lowest BCUT2D eigenvalue weighted by atomic mass is 9.85. The van der Waals surface area contributed by atoms with Gasteiger partial charge < -0.3 is 9.73 Å². The minimum absolute atomic E-state index is 0.137. The molecule has 1 aliphatic rings. The maximum atomic E-state index is 6.03. The molecule has 2 nitrogen and oxygen atoms in total. The van der Waals surface area contributed by atoms with Crippen molar-refractivity contribution < 1.29 is 4.42 Å². The van der Waals surface area contributed by atoms with Crippen LogP contribution in [-0.4, -0.2) is 6.54 Å². The molecule has 1 N–H and O–H groups in total. The molecule has 2 aromatic heterocycles. The molecule has 1 fully saturated rings. The van der Waals surface area contributed by atoms with Gasteiger partial charge in [0.25, 0.3) is 0 Å². The van der Waals surface area contributed by atoms with E-state index in [1.807, 2.05) is 18.2 Å². The molecular formula is C14H16ClNOS. The summed E-state index contributed by atoms with van der Waals surface area (Å²) in [6.07, 6.45) is 5.80. The Labute approximate surface area is 116 Å². The Hall–Kier alpha value is -0.770. The van der Waals surface area contributed by atoms with Gasteiger partial charge in [0.1, 0.15) is 11.8 Å². The Kier molecular flexibility index (Phi) is 3.73. The van der Waals surface area contributed by atoms with Crippen LogP contribution in [0.3, 0.4) is 0 Å². The Morgan fingerprint density at radius 3 is 2.83 bits per heavy atom. The Balaban J connectivity index is 1.75. The molecule has 2 aromatic rings. The van der Waals surface area contributed by atoms with Gasteiger partial charge in [0.05, 0.1) is 10.6 Å². The second kappa shape index (κ2) is 5.47. The number of furan rings is 1. The summed E-state index contributed by atoms with van der Waals surface area (Å²) in [4.78, 5) is 1.22. The zero-order valence-electron chi connectivity index (χ0n) is 10.1. The maximum Gasteiger partial charge on any atom is 0.126 e. The van der Waals surface area contributed by atoms with E-state index in [1.54, 1.807) is 17.6 Å². The van der Waals surface area contributed by atoms with E-state index in [9.17, 15) is 0 Å². The molecule has 0 amide bonds. The average Bonchev–Trinajstić information content (AvgIpc) is 2.93. The van der Waals surface area contributed by atoms with Crippen LogP contribution < -0.4 is 5.32 Å². The number of halogens is 1. The minimum atomic E-state index is 0.137. The van der Waals surface area contributed by atoms with Crippen LogP contribution in [0.1, 0.15) is 35.9 Å². The highest BCUT2D eigenvalue weighted by Gasteiger charge is 2.22. The van der Waals surface area contributed by atoms with Crippen molar-refractivity contribution in [1.29, 1.82) is 0 Å². The van der Waals surface area contributed by atoms with E-state index in [0.717, 1.165) is 22.6 Å². The third kappa shape index (κ3) is 2.63. The molecule has 1 aliphatic carbocycles. The smallest absolute Gasteiger partial charge is 0.126 e. The molecular weight excluding hydrogens is 266 g/mol. The van der Waals surface area contributed by atoms with Crippen LogP contribution in [0.25, 0.3) is 0 Å². The predicted molar refractivity (Wildman–Crippen MR) is 75.2 cm³/mol. The van der Waals surface area contributed by atoms with Crippen LogP contribution in [-0.2, 0) is 0 Å². The second-order valence-corrected chi connectivity index (χ2v) is 6.54. The standard InChI is InChI=1S/C14H16ClNOS/c15-13-7-6-12(18-13)14(11-5-2-8-17-11)16-9-10-3-1-4-10/h2,5-8,10,14,16H,1,3-4,9H2. The highest BCUT2D eigenvalue weighted by molar-refractivity contribution is 7.16. The van der Waals surface area contributed by atoms with E-state index in [-0.39, 0.29) is 6.04 Å². The van der Waals surface area contributed by atoms with E-state index in [0.29, 0.717) is 0 Å². The van der Waals surface area contributed by atoms with Gasteiger partial charge in [0.2, 0.25) is 0 Å². The van der Waals surface area contributed by atoms with Crippen molar-refractivity contribution in [3.05, 3.63) is 45.5 Å². The predicted octanol–water partition coefficient (Wildman–Crippen LogP) is 4.47. The molecule has 0 saturated heterocycles. The number of rotatable bonds is 5. The Bertz CT molecular complexity index is 490. The van der Waals surface area contributed by atoms with Crippen LogP contribution >= 0.6 is 22.9 Å². The molecule has 1 atom stereocenters. The first kappa shape index (κ1) is 12.3. The summed E-state index contributed by atoms with van der Waals surface area (Å²) in [5, 5.41) is 3.61. The zero-order valence-corrected chi connectivity index (χ0v) is 11.6. The summed E-state index contributed by atoms with van der Waals surface area (Å²) < 4.78 is 6.37. The number of hydrogen-bond acceptors (Lipinski definition) is 3. The Morgan fingerprint density at radius 1 is 1.39 bits per heavy atom. The van der Waals surface area contributed by atoms with Gasteiger partial charge in [-0.3, -0.25) is 0 Å². The first-order valence-electron chi connectivity index (χ1n) is 6.35. The number of thiophene rings is 1. The highest BCUT2D eigenvalue weighted by Crippen LogP contribution is 2.32. The monoisotopic (exact) mass is 281 g/mol. The van der Waals surface area contributed by atoms with Crippen molar-refractivity contribution in [1.82, 2.24) is 5.32 Å². The fourth-order valence-corrected chi connectivity index (χ4v) is 3.41. The van der Waals surface area contributed by atoms with Crippen LogP contribution in [0.2, 0.25) is 4.34 Å². The summed E-state index contributed by atoms with van der Waals surface area (Å²) in [6, 6.07) is 8.11. The lowest BCUT2D eigenvalue weighted by molar-refractivity contribution is 0.289.